The Kier molecular flexibility index (Phi) is 8.97. The zero-order chi connectivity index (χ0) is 42.4. The minimum Gasteiger partial charge on any atom is -0.308 e. The third-order valence-electron chi connectivity index (χ3n) is 11.9. The largest absolute Gasteiger partial charge is 0.308 e. The Morgan fingerprint density at radius 3 is 0.906 bits per heavy atom. The van der Waals surface area contributed by atoms with Crippen LogP contribution in [0, 0.1) is 0 Å². The molecule has 8 nitrogen and oxygen atoms in total. The molecule has 0 saturated carbocycles. The minimum atomic E-state index is 0.612. The van der Waals surface area contributed by atoms with Crippen molar-refractivity contribution in [3.63, 3.8) is 0 Å². The van der Waals surface area contributed by atoms with E-state index in [1.165, 1.54) is 0 Å². The molecule has 0 amide bonds. The SMILES string of the molecule is c1ccc(N(c2ccccc2)c2cnc(-n3c4ccccc4c4cc(-c5ccc6c(c5)c5ccccc5n6-c5ncc(N(c6ccccc6)c6ccccc6)cn5)ccc43)nc2)cc1. The first-order valence-corrected chi connectivity index (χ1v) is 21.3. The van der Waals surface area contributed by atoms with Crippen LogP contribution < -0.4 is 9.80 Å². The predicted molar refractivity (Wildman–Crippen MR) is 261 cm³/mol. The third kappa shape index (κ3) is 6.32. The van der Waals surface area contributed by atoms with Gasteiger partial charge in [0.15, 0.2) is 0 Å². The van der Waals surface area contributed by atoms with Crippen LogP contribution in [0.15, 0.2) is 231 Å². The van der Waals surface area contributed by atoms with Gasteiger partial charge in [-0.3, -0.25) is 9.13 Å². The molecule has 0 bridgehead atoms. The normalized spacial score (nSPS) is 11.4. The average Bonchev–Trinajstić information content (AvgIpc) is 3.88. The van der Waals surface area contributed by atoms with E-state index in [0.717, 1.165) is 88.9 Å². The zero-order valence-electron chi connectivity index (χ0n) is 34.5. The Hall–Kier alpha value is -8.88. The Morgan fingerprint density at radius 2 is 0.562 bits per heavy atom. The van der Waals surface area contributed by atoms with Crippen molar-refractivity contribution in [2.24, 2.45) is 0 Å². The highest BCUT2D eigenvalue weighted by molar-refractivity contribution is 6.12. The maximum absolute atomic E-state index is 5.00. The summed E-state index contributed by atoms with van der Waals surface area (Å²) in [7, 11) is 0. The second kappa shape index (κ2) is 15.5. The highest BCUT2D eigenvalue weighted by Gasteiger charge is 2.20. The molecule has 0 fully saturated rings. The molecular formula is C56H38N8. The number of fused-ring (bicyclic) bond motifs is 6. The summed E-state index contributed by atoms with van der Waals surface area (Å²) in [6.07, 6.45) is 7.64. The van der Waals surface area contributed by atoms with Crippen molar-refractivity contribution in [3.05, 3.63) is 231 Å². The van der Waals surface area contributed by atoms with E-state index >= 15 is 0 Å². The maximum atomic E-state index is 5.00. The molecule has 12 rings (SSSR count). The number of hydrogen-bond acceptors (Lipinski definition) is 6. The number of benzene rings is 8. The third-order valence-corrected chi connectivity index (χ3v) is 11.9. The molecule has 0 unspecified atom stereocenters. The number of nitrogens with zero attached hydrogens (tertiary/aromatic N) is 8. The van der Waals surface area contributed by atoms with Gasteiger partial charge in [0.05, 0.1) is 58.2 Å². The van der Waals surface area contributed by atoms with Gasteiger partial charge in [-0.25, -0.2) is 19.9 Å². The van der Waals surface area contributed by atoms with Crippen molar-refractivity contribution < 1.29 is 0 Å². The summed E-state index contributed by atoms with van der Waals surface area (Å²) in [5, 5.41) is 4.54. The second-order valence-electron chi connectivity index (χ2n) is 15.7. The van der Waals surface area contributed by atoms with E-state index in [0.29, 0.717) is 11.9 Å². The van der Waals surface area contributed by atoms with E-state index in [1.54, 1.807) is 0 Å². The van der Waals surface area contributed by atoms with Gasteiger partial charge < -0.3 is 9.80 Å². The Morgan fingerprint density at radius 1 is 0.266 bits per heavy atom. The molecule has 4 aromatic heterocycles. The van der Waals surface area contributed by atoms with E-state index in [2.05, 4.69) is 152 Å². The Labute approximate surface area is 369 Å². The van der Waals surface area contributed by atoms with Gasteiger partial charge in [-0.15, -0.1) is 0 Å². The van der Waals surface area contributed by atoms with Crippen molar-refractivity contribution >= 4 is 77.7 Å². The van der Waals surface area contributed by atoms with Crippen molar-refractivity contribution in [1.29, 1.82) is 0 Å². The van der Waals surface area contributed by atoms with Crippen molar-refractivity contribution in [3.8, 4) is 23.0 Å². The fourth-order valence-electron chi connectivity index (χ4n) is 9.03. The monoisotopic (exact) mass is 822 g/mol. The van der Waals surface area contributed by atoms with Gasteiger partial charge in [-0.05, 0) is 96.1 Å². The van der Waals surface area contributed by atoms with Gasteiger partial charge in [0.1, 0.15) is 0 Å². The van der Waals surface area contributed by atoms with Crippen LogP contribution in [0.1, 0.15) is 0 Å². The smallest absolute Gasteiger partial charge is 0.234 e. The first kappa shape index (κ1) is 36.9. The molecule has 8 aromatic carbocycles. The van der Waals surface area contributed by atoms with E-state index in [4.69, 9.17) is 19.9 Å². The van der Waals surface area contributed by atoms with Crippen LogP contribution in [0.3, 0.4) is 0 Å². The van der Waals surface area contributed by atoms with Gasteiger partial charge in [-0.2, -0.15) is 0 Å². The van der Waals surface area contributed by atoms with E-state index in [9.17, 15) is 0 Å². The van der Waals surface area contributed by atoms with Crippen LogP contribution in [0.5, 0.6) is 0 Å². The van der Waals surface area contributed by atoms with Crippen LogP contribution >= 0.6 is 0 Å². The summed E-state index contributed by atoms with van der Waals surface area (Å²) in [6.45, 7) is 0. The predicted octanol–water partition coefficient (Wildman–Crippen LogP) is 14.1. The lowest BCUT2D eigenvalue weighted by Gasteiger charge is -2.24. The molecule has 0 aliphatic carbocycles. The van der Waals surface area contributed by atoms with Crippen LogP contribution in [0.25, 0.3) is 66.6 Å². The molecule has 0 spiro atoms. The van der Waals surface area contributed by atoms with Crippen LogP contribution in [-0.2, 0) is 0 Å². The molecule has 64 heavy (non-hydrogen) atoms. The van der Waals surface area contributed by atoms with E-state index in [-0.39, 0.29) is 0 Å². The minimum absolute atomic E-state index is 0.612. The first-order valence-electron chi connectivity index (χ1n) is 21.3. The zero-order valence-corrected chi connectivity index (χ0v) is 34.5. The van der Waals surface area contributed by atoms with Gasteiger partial charge >= 0.3 is 0 Å². The van der Waals surface area contributed by atoms with Gasteiger partial charge in [0.2, 0.25) is 11.9 Å². The lowest BCUT2D eigenvalue weighted by atomic mass is 10.0. The Bertz CT molecular complexity index is 3270. The Balaban J connectivity index is 0.921. The number of anilines is 6. The van der Waals surface area contributed by atoms with E-state index < -0.39 is 0 Å². The van der Waals surface area contributed by atoms with Gasteiger partial charge in [-0.1, -0.05) is 121 Å². The van der Waals surface area contributed by atoms with Gasteiger partial charge in [0, 0.05) is 44.3 Å². The molecule has 0 aliphatic rings. The molecule has 0 saturated heterocycles. The summed E-state index contributed by atoms with van der Waals surface area (Å²) in [4.78, 5) is 24.3. The fraction of sp³-hybridized carbons (Fsp3) is 0. The first-order chi connectivity index (χ1) is 31.8. The quantitative estimate of drug-likeness (QED) is 0.144. The lowest BCUT2D eigenvalue weighted by molar-refractivity contribution is 0.983. The van der Waals surface area contributed by atoms with Gasteiger partial charge in [0.25, 0.3) is 0 Å². The molecule has 4 heterocycles. The van der Waals surface area contributed by atoms with Crippen molar-refractivity contribution in [2.75, 3.05) is 9.80 Å². The number of aromatic nitrogens is 6. The van der Waals surface area contributed by atoms with E-state index in [1.807, 2.05) is 97.6 Å². The molecule has 0 radical (unpaired) electrons. The molecule has 0 N–H and O–H groups in total. The second-order valence-corrected chi connectivity index (χ2v) is 15.7. The topological polar surface area (TPSA) is 67.9 Å². The molecule has 12 aromatic rings. The fourth-order valence-corrected chi connectivity index (χ4v) is 9.03. The molecule has 0 aliphatic heterocycles. The highest BCUT2D eigenvalue weighted by Crippen LogP contribution is 2.39. The number of rotatable bonds is 9. The van der Waals surface area contributed by atoms with Crippen LogP contribution in [-0.4, -0.2) is 29.1 Å². The molecule has 0 atom stereocenters. The lowest BCUT2D eigenvalue weighted by Crippen LogP contribution is -2.11. The maximum Gasteiger partial charge on any atom is 0.234 e. The molecule has 8 heteroatoms. The summed E-state index contributed by atoms with van der Waals surface area (Å²) in [6, 6.07) is 71.6. The number of para-hydroxylation sites is 6. The summed E-state index contributed by atoms with van der Waals surface area (Å²) < 4.78 is 4.32. The molecular weight excluding hydrogens is 785 g/mol. The van der Waals surface area contributed by atoms with Crippen molar-refractivity contribution in [1.82, 2.24) is 29.1 Å². The van der Waals surface area contributed by atoms with Crippen molar-refractivity contribution in [2.45, 2.75) is 0 Å². The van der Waals surface area contributed by atoms with Crippen LogP contribution in [0.4, 0.5) is 34.1 Å². The van der Waals surface area contributed by atoms with Crippen LogP contribution in [0.2, 0.25) is 0 Å². The summed E-state index contributed by atoms with van der Waals surface area (Å²) in [5.74, 6) is 1.22. The average molecular weight is 823 g/mol. The summed E-state index contributed by atoms with van der Waals surface area (Å²) >= 11 is 0. The number of hydrogen-bond donors (Lipinski definition) is 0. The highest BCUT2D eigenvalue weighted by atomic mass is 15.2. The summed E-state index contributed by atoms with van der Waals surface area (Å²) in [5.41, 5.74) is 12.3. The standard InChI is InChI=1S/C56H38N8/c1-5-17-41(18-6-1)61(42-19-7-2-8-20-42)45-35-57-55(58-36-45)63-51-27-15-13-25-47(51)49-33-39(29-31-53(49)63)40-30-32-54-50(34-40)48-26-14-16-28-52(48)64(54)56-59-37-46(38-60-56)62(43-21-9-3-10-22-43)44-23-11-4-12-24-44/h1-38H. The molecule has 302 valence electrons.